The van der Waals surface area contributed by atoms with Crippen molar-refractivity contribution in [2.75, 3.05) is 24.2 Å². The Labute approximate surface area is 165 Å². The lowest BCUT2D eigenvalue weighted by atomic mass is 10.0. The second kappa shape index (κ2) is 8.45. The van der Waals surface area contributed by atoms with Gasteiger partial charge in [0.15, 0.2) is 0 Å². The van der Waals surface area contributed by atoms with Crippen molar-refractivity contribution < 1.29 is 14.3 Å². The third kappa shape index (κ3) is 4.04. The van der Waals surface area contributed by atoms with Gasteiger partial charge in [-0.3, -0.25) is 4.79 Å². The Morgan fingerprint density at radius 3 is 2.93 bits per heavy atom. The number of rotatable bonds is 6. The van der Waals surface area contributed by atoms with Crippen molar-refractivity contribution >= 4 is 28.4 Å². The molecule has 0 saturated heterocycles. The number of aliphatic hydroxyl groups excluding tert-OH is 1. The SMILES string of the molecule is CC(Nc1ncnc(N)c1C#N)c1nc2cccc(F)c2cc1C(=O)NCCO. The summed E-state index contributed by atoms with van der Waals surface area (Å²) in [5.74, 6) is -0.807. The lowest BCUT2D eigenvalue weighted by Gasteiger charge is -2.19. The molecule has 1 unspecified atom stereocenters. The number of nitriles is 1. The first-order valence-electron chi connectivity index (χ1n) is 8.71. The van der Waals surface area contributed by atoms with Crippen molar-refractivity contribution in [2.45, 2.75) is 13.0 Å². The van der Waals surface area contributed by atoms with E-state index in [0.717, 1.165) is 0 Å². The molecule has 29 heavy (non-hydrogen) atoms. The van der Waals surface area contributed by atoms with Gasteiger partial charge >= 0.3 is 0 Å². The third-order valence-electron chi connectivity index (χ3n) is 4.23. The molecular formula is C19H18FN7O2. The van der Waals surface area contributed by atoms with E-state index in [9.17, 15) is 14.4 Å². The molecular weight excluding hydrogens is 377 g/mol. The van der Waals surface area contributed by atoms with Crippen LogP contribution in [0.2, 0.25) is 0 Å². The molecule has 0 saturated carbocycles. The maximum Gasteiger partial charge on any atom is 0.253 e. The summed E-state index contributed by atoms with van der Waals surface area (Å²) >= 11 is 0. The first kappa shape index (κ1) is 19.9. The molecule has 1 atom stereocenters. The number of hydrogen-bond donors (Lipinski definition) is 4. The van der Waals surface area contributed by atoms with Gasteiger partial charge in [-0.1, -0.05) is 6.07 Å². The average Bonchev–Trinajstić information content (AvgIpc) is 2.71. The van der Waals surface area contributed by atoms with Gasteiger partial charge in [-0.25, -0.2) is 19.3 Å². The number of benzene rings is 1. The Balaban J connectivity index is 2.08. The number of amides is 1. The van der Waals surface area contributed by atoms with Crippen LogP contribution in [0, 0.1) is 17.1 Å². The van der Waals surface area contributed by atoms with E-state index in [1.54, 1.807) is 13.0 Å². The molecule has 0 aliphatic heterocycles. The summed E-state index contributed by atoms with van der Waals surface area (Å²) in [6.45, 7) is 1.52. The summed E-state index contributed by atoms with van der Waals surface area (Å²) in [4.78, 5) is 24.9. The maximum absolute atomic E-state index is 14.2. The van der Waals surface area contributed by atoms with Crippen LogP contribution in [-0.2, 0) is 0 Å². The number of hydrogen-bond acceptors (Lipinski definition) is 8. The number of aliphatic hydroxyl groups is 1. The Morgan fingerprint density at radius 1 is 1.41 bits per heavy atom. The second-order valence-electron chi connectivity index (χ2n) is 6.17. The first-order chi connectivity index (χ1) is 14.0. The molecule has 1 amide bonds. The predicted octanol–water partition coefficient (Wildman–Crippen LogP) is 1.51. The second-order valence-corrected chi connectivity index (χ2v) is 6.17. The monoisotopic (exact) mass is 395 g/mol. The number of pyridine rings is 1. The number of nitrogens with zero attached hydrogens (tertiary/aromatic N) is 4. The van der Waals surface area contributed by atoms with Crippen LogP contribution in [-0.4, -0.2) is 39.1 Å². The van der Waals surface area contributed by atoms with Gasteiger partial charge < -0.3 is 21.5 Å². The molecule has 0 spiro atoms. The number of carbonyl (C=O) groups is 1. The van der Waals surface area contributed by atoms with E-state index in [-0.39, 0.29) is 41.3 Å². The number of nitrogen functional groups attached to an aromatic ring is 1. The van der Waals surface area contributed by atoms with Crippen molar-refractivity contribution in [3.63, 3.8) is 0 Å². The highest BCUT2D eigenvalue weighted by atomic mass is 19.1. The maximum atomic E-state index is 14.2. The minimum atomic E-state index is -0.584. The fourth-order valence-electron chi connectivity index (χ4n) is 2.84. The molecule has 0 aliphatic carbocycles. The van der Waals surface area contributed by atoms with E-state index >= 15 is 0 Å². The lowest BCUT2D eigenvalue weighted by molar-refractivity contribution is 0.0943. The number of fused-ring (bicyclic) bond motifs is 1. The van der Waals surface area contributed by atoms with Gasteiger partial charge in [-0.05, 0) is 25.1 Å². The minimum Gasteiger partial charge on any atom is -0.395 e. The summed E-state index contributed by atoms with van der Waals surface area (Å²) in [7, 11) is 0. The molecule has 2 aromatic heterocycles. The van der Waals surface area contributed by atoms with Gasteiger partial charge in [0.25, 0.3) is 5.91 Å². The van der Waals surface area contributed by atoms with Gasteiger partial charge in [0.2, 0.25) is 0 Å². The van der Waals surface area contributed by atoms with E-state index < -0.39 is 17.8 Å². The summed E-state index contributed by atoms with van der Waals surface area (Å²) in [6.07, 6.45) is 1.21. The van der Waals surface area contributed by atoms with Gasteiger partial charge in [0.05, 0.1) is 29.4 Å². The number of nitrogens with one attached hydrogen (secondary N) is 2. The quantitative estimate of drug-likeness (QED) is 0.490. The summed E-state index contributed by atoms with van der Waals surface area (Å²) in [6, 6.07) is 7.20. The average molecular weight is 395 g/mol. The van der Waals surface area contributed by atoms with Crippen LogP contribution in [0.5, 0.6) is 0 Å². The van der Waals surface area contributed by atoms with E-state index in [2.05, 4.69) is 25.6 Å². The molecule has 0 bridgehead atoms. The Morgan fingerprint density at radius 2 is 2.21 bits per heavy atom. The standard InChI is InChI=1S/C19H18FN7O2/c1-10(26-18-13(8-21)17(22)24-9-25-18)16-12(19(29)23-5-6-28)7-11-14(20)3-2-4-15(11)27-16/h2-4,7,9-10,28H,5-6H2,1H3,(H,23,29)(H3,22,24,25,26). The number of nitrogens with two attached hydrogens (primary N) is 1. The molecule has 148 valence electrons. The molecule has 3 rings (SSSR count). The highest BCUT2D eigenvalue weighted by molar-refractivity contribution is 5.99. The van der Waals surface area contributed by atoms with Crippen molar-refractivity contribution in [3.8, 4) is 6.07 Å². The van der Waals surface area contributed by atoms with Crippen LogP contribution in [0.4, 0.5) is 16.0 Å². The molecule has 1 aromatic carbocycles. The van der Waals surface area contributed by atoms with Crippen molar-refractivity contribution in [2.24, 2.45) is 0 Å². The molecule has 0 radical (unpaired) electrons. The number of carbonyl (C=O) groups excluding carboxylic acids is 1. The topological polar surface area (TPSA) is 150 Å². The normalized spacial score (nSPS) is 11.7. The fourth-order valence-corrected chi connectivity index (χ4v) is 2.84. The van der Waals surface area contributed by atoms with Crippen molar-refractivity contribution in [1.82, 2.24) is 20.3 Å². The Hall–Kier alpha value is -3.84. The highest BCUT2D eigenvalue weighted by Gasteiger charge is 2.21. The Kier molecular flexibility index (Phi) is 5.80. The van der Waals surface area contributed by atoms with Crippen LogP contribution < -0.4 is 16.4 Å². The zero-order chi connectivity index (χ0) is 21.0. The molecule has 2 heterocycles. The van der Waals surface area contributed by atoms with E-state index in [0.29, 0.717) is 11.2 Å². The van der Waals surface area contributed by atoms with Crippen LogP contribution in [0.3, 0.4) is 0 Å². The van der Waals surface area contributed by atoms with Gasteiger partial charge in [0.1, 0.15) is 35.4 Å². The fraction of sp³-hybridized carbons (Fsp3) is 0.211. The molecule has 0 aliphatic rings. The Bertz CT molecular complexity index is 1110. The number of aromatic nitrogens is 3. The van der Waals surface area contributed by atoms with Gasteiger partial charge in [0, 0.05) is 11.9 Å². The van der Waals surface area contributed by atoms with Crippen molar-refractivity contribution in [1.29, 1.82) is 5.26 Å². The van der Waals surface area contributed by atoms with E-state index in [1.807, 2.05) is 6.07 Å². The third-order valence-corrected chi connectivity index (χ3v) is 4.23. The number of anilines is 2. The number of halogens is 1. The summed E-state index contributed by atoms with van der Waals surface area (Å²) in [5.41, 5.74) is 6.60. The molecule has 10 heteroatoms. The van der Waals surface area contributed by atoms with Crippen molar-refractivity contribution in [3.05, 3.63) is 53.2 Å². The zero-order valence-corrected chi connectivity index (χ0v) is 15.5. The first-order valence-corrected chi connectivity index (χ1v) is 8.71. The predicted molar refractivity (Wildman–Crippen MR) is 104 cm³/mol. The largest absolute Gasteiger partial charge is 0.395 e. The van der Waals surface area contributed by atoms with Gasteiger partial charge in [-0.2, -0.15) is 5.26 Å². The lowest BCUT2D eigenvalue weighted by Crippen LogP contribution is -2.28. The molecule has 9 nitrogen and oxygen atoms in total. The molecule has 0 fully saturated rings. The van der Waals surface area contributed by atoms with Crippen LogP contribution >= 0.6 is 0 Å². The summed E-state index contributed by atoms with van der Waals surface area (Å²) < 4.78 is 14.2. The minimum absolute atomic E-state index is 0.0201. The van der Waals surface area contributed by atoms with Crippen LogP contribution in [0.15, 0.2) is 30.6 Å². The smallest absolute Gasteiger partial charge is 0.253 e. The van der Waals surface area contributed by atoms with E-state index in [4.69, 9.17) is 10.8 Å². The summed E-state index contributed by atoms with van der Waals surface area (Å²) in [5, 5.41) is 24.0. The highest BCUT2D eigenvalue weighted by Crippen LogP contribution is 2.27. The molecule has 3 aromatic rings. The molecule has 5 N–H and O–H groups in total. The zero-order valence-electron chi connectivity index (χ0n) is 15.5. The van der Waals surface area contributed by atoms with Crippen LogP contribution in [0.1, 0.15) is 34.6 Å². The van der Waals surface area contributed by atoms with E-state index in [1.165, 1.54) is 24.5 Å². The van der Waals surface area contributed by atoms with Crippen LogP contribution in [0.25, 0.3) is 10.9 Å². The van der Waals surface area contributed by atoms with Gasteiger partial charge in [-0.15, -0.1) is 0 Å².